The van der Waals surface area contributed by atoms with Crippen molar-refractivity contribution in [1.82, 2.24) is 10.6 Å². The minimum atomic E-state index is -0.994. The number of nitrogens with one attached hydrogen (secondary N) is 2. The standard InChI is InChI=1S/C17H30Cl2N2O4/c1-10-8-11(20-13(22)24-15(2,3)4)12(9-17(10,18)19)21-14(23)25-16(5,6)7/h10-12H,8-9H2,1-7H3,(H,20,22)(H,21,23)/t10?,11-,12-/m0/s1. The monoisotopic (exact) mass is 396 g/mol. The van der Waals surface area contributed by atoms with Crippen molar-refractivity contribution in [3.63, 3.8) is 0 Å². The average molecular weight is 397 g/mol. The van der Waals surface area contributed by atoms with Crippen LogP contribution in [-0.4, -0.2) is 39.8 Å². The molecule has 1 fully saturated rings. The zero-order chi connectivity index (χ0) is 19.6. The molecule has 2 amide bonds. The molecule has 0 aliphatic heterocycles. The van der Waals surface area contributed by atoms with Gasteiger partial charge in [-0.3, -0.25) is 0 Å². The second-order valence-electron chi connectivity index (χ2n) is 8.61. The third kappa shape index (κ3) is 7.90. The summed E-state index contributed by atoms with van der Waals surface area (Å²) in [6.07, 6.45) is -0.325. The molecular formula is C17H30Cl2N2O4. The second-order valence-corrected chi connectivity index (χ2v) is 10.1. The summed E-state index contributed by atoms with van der Waals surface area (Å²) in [5.41, 5.74) is -1.24. The van der Waals surface area contributed by atoms with Crippen LogP contribution in [0.5, 0.6) is 0 Å². The van der Waals surface area contributed by atoms with E-state index < -0.39 is 33.8 Å². The van der Waals surface area contributed by atoms with E-state index in [0.29, 0.717) is 6.42 Å². The van der Waals surface area contributed by atoms with Crippen molar-refractivity contribution < 1.29 is 19.1 Å². The average Bonchev–Trinajstić information content (AvgIpc) is 2.30. The summed E-state index contributed by atoms with van der Waals surface area (Å²) in [5, 5.41) is 5.58. The topological polar surface area (TPSA) is 76.7 Å². The highest BCUT2D eigenvalue weighted by atomic mass is 35.5. The molecule has 8 heteroatoms. The quantitative estimate of drug-likeness (QED) is 0.678. The fraction of sp³-hybridized carbons (Fsp3) is 0.882. The highest BCUT2D eigenvalue weighted by Crippen LogP contribution is 2.42. The van der Waals surface area contributed by atoms with Crippen LogP contribution >= 0.6 is 23.2 Å². The predicted octanol–water partition coefficient (Wildman–Crippen LogP) is 4.38. The Bertz CT molecular complexity index is 498. The second kappa shape index (κ2) is 7.78. The smallest absolute Gasteiger partial charge is 0.407 e. The Hall–Kier alpha value is -0.880. The Balaban J connectivity index is 2.83. The van der Waals surface area contributed by atoms with Gasteiger partial charge in [0.25, 0.3) is 0 Å². The summed E-state index contributed by atoms with van der Waals surface area (Å²) < 4.78 is 9.60. The largest absolute Gasteiger partial charge is 0.444 e. The summed E-state index contributed by atoms with van der Waals surface area (Å²) in [6.45, 7) is 12.6. The third-order valence-electron chi connectivity index (χ3n) is 3.71. The molecule has 0 heterocycles. The molecule has 0 bridgehead atoms. The van der Waals surface area contributed by atoms with Crippen LogP contribution in [0.3, 0.4) is 0 Å². The first-order valence-electron chi connectivity index (χ1n) is 8.46. The zero-order valence-corrected chi connectivity index (χ0v) is 17.5. The third-order valence-corrected chi connectivity index (χ3v) is 4.76. The van der Waals surface area contributed by atoms with E-state index in [2.05, 4.69) is 10.6 Å². The number of halogens is 2. The van der Waals surface area contributed by atoms with Gasteiger partial charge in [0.2, 0.25) is 0 Å². The normalized spacial score (nSPS) is 26.5. The molecule has 0 aromatic rings. The highest BCUT2D eigenvalue weighted by molar-refractivity contribution is 6.48. The van der Waals surface area contributed by atoms with Gasteiger partial charge in [0.15, 0.2) is 0 Å². The van der Waals surface area contributed by atoms with Gasteiger partial charge in [-0.15, -0.1) is 23.2 Å². The van der Waals surface area contributed by atoms with E-state index in [1.165, 1.54) is 0 Å². The van der Waals surface area contributed by atoms with Gasteiger partial charge in [-0.25, -0.2) is 9.59 Å². The Morgan fingerprint density at radius 1 is 0.920 bits per heavy atom. The van der Waals surface area contributed by atoms with Crippen molar-refractivity contribution in [3.8, 4) is 0 Å². The molecular weight excluding hydrogens is 367 g/mol. The molecule has 1 unspecified atom stereocenters. The van der Waals surface area contributed by atoms with Gasteiger partial charge in [0.1, 0.15) is 15.5 Å². The molecule has 25 heavy (non-hydrogen) atoms. The molecule has 2 N–H and O–H groups in total. The van der Waals surface area contributed by atoms with Crippen molar-refractivity contribution in [2.75, 3.05) is 0 Å². The molecule has 0 spiro atoms. The number of rotatable bonds is 2. The SMILES string of the molecule is CC1C[C@H](NC(=O)OC(C)(C)C)[C@@H](NC(=O)OC(C)(C)C)CC1(Cl)Cl. The Labute approximate surface area is 160 Å². The summed E-state index contributed by atoms with van der Waals surface area (Å²) >= 11 is 12.7. The number of hydrogen-bond acceptors (Lipinski definition) is 4. The number of ether oxygens (including phenoxy) is 2. The van der Waals surface area contributed by atoms with E-state index in [0.717, 1.165) is 0 Å². The van der Waals surface area contributed by atoms with E-state index in [9.17, 15) is 9.59 Å². The maximum Gasteiger partial charge on any atom is 0.407 e. The maximum absolute atomic E-state index is 12.1. The molecule has 1 rings (SSSR count). The summed E-state index contributed by atoms with van der Waals surface area (Å²) in [5.74, 6) is -0.0625. The summed E-state index contributed by atoms with van der Waals surface area (Å²) in [4.78, 5) is 24.2. The van der Waals surface area contributed by atoms with Crippen molar-refractivity contribution in [1.29, 1.82) is 0 Å². The number of carbonyl (C=O) groups excluding carboxylic acids is 2. The molecule has 6 nitrogen and oxygen atoms in total. The van der Waals surface area contributed by atoms with Crippen LogP contribution in [0.2, 0.25) is 0 Å². The van der Waals surface area contributed by atoms with Crippen molar-refractivity contribution in [3.05, 3.63) is 0 Å². The van der Waals surface area contributed by atoms with Crippen molar-refractivity contribution in [2.24, 2.45) is 5.92 Å². The van der Waals surface area contributed by atoms with E-state index in [-0.39, 0.29) is 18.4 Å². The van der Waals surface area contributed by atoms with E-state index in [1.54, 1.807) is 41.5 Å². The van der Waals surface area contributed by atoms with Crippen LogP contribution < -0.4 is 10.6 Å². The Morgan fingerprint density at radius 3 is 1.72 bits per heavy atom. The van der Waals surface area contributed by atoms with Gasteiger partial charge in [0, 0.05) is 6.42 Å². The molecule has 1 aliphatic rings. The minimum Gasteiger partial charge on any atom is -0.444 e. The summed E-state index contributed by atoms with van der Waals surface area (Å²) in [6, 6.07) is -0.823. The van der Waals surface area contributed by atoms with Gasteiger partial charge in [0.05, 0.1) is 12.1 Å². The number of alkyl carbamates (subject to hydrolysis) is 2. The molecule has 0 aromatic heterocycles. The fourth-order valence-corrected chi connectivity index (χ4v) is 3.09. The lowest BCUT2D eigenvalue weighted by Gasteiger charge is -2.42. The fourth-order valence-electron chi connectivity index (χ4n) is 2.58. The number of carbonyl (C=O) groups is 2. The molecule has 0 aromatic carbocycles. The van der Waals surface area contributed by atoms with Crippen molar-refractivity contribution >= 4 is 35.4 Å². The minimum absolute atomic E-state index is 0.0625. The van der Waals surface area contributed by atoms with Gasteiger partial charge in [-0.1, -0.05) is 6.92 Å². The maximum atomic E-state index is 12.1. The van der Waals surface area contributed by atoms with Gasteiger partial charge in [-0.2, -0.15) is 0 Å². The van der Waals surface area contributed by atoms with Crippen LogP contribution in [-0.2, 0) is 9.47 Å². The lowest BCUT2D eigenvalue weighted by molar-refractivity contribution is 0.0389. The molecule has 146 valence electrons. The van der Waals surface area contributed by atoms with E-state index >= 15 is 0 Å². The lowest BCUT2D eigenvalue weighted by Crippen LogP contribution is -2.59. The molecule has 3 atom stereocenters. The van der Waals surface area contributed by atoms with Crippen molar-refractivity contribution in [2.45, 2.75) is 88.9 Å². The zero-order valence-electron chi connectivity index (χ0n) is 16.0. The van der Waals surface area contributed by atoms with Gasteiger partial charge >= 0.3 is 12.2 Å². The highest BCUT2D eigenvalue weighted by Gasteiger charge is 2.45. The molecule has 0 radical (unpaired) electrons. The van der Waals surface area contributed by atoms with Crippen LogP contribution in [0.4, 0.5) is 9.59 Å². The van der Waals surface area contributed by atoms with Crippen LogP contribution in [0.25, 0.3) is 0 Å². The summed E-state index contributed by atoms with van der Waals surface area (Å²) in [7, 11) is 0. The molecule has 0 saturated heterocycles. The van der Waals surface area contributed by atoms with E-state index in [4.69, 9.17) is 32.7 Å². The first-order valence-corrected chi connectivity index (χ1v) is 9.21. The molecule has 1 aliphatic carbocycles. The Morgan fingerprint density at radius 2 is 1.32 bits per heavy atom. The van der Waals surface area contributed by atoms with Crippen LogP contribution in [0.15, 0.2) is 0 Å². The van der Waals surface area contributed by atoms with E-state index in [1.807, 2.05) is 6.92 Å². The van der Waals surface area contributed by atoms with Crippen LogP contribution in [0.1, 0.15) is 61.3 Å². The Kier molecular flexibility index (Phi) is 6.90. The number of alkyl halides is 2. The number of hydrogen-bond donors (Lipinski definition) is 2. The van der Waals surface area contributed by atoms with Gasteiger partial charge < -0.3 is 20.1 Å². The predicted molar refractivity (Wildman–Crippen MR) is 99.2 cm³/mol. The first kappa shape index (κ1) is 22.2. The number of amides is 2. The first-order chi connectivity index (χ1) is 11.1. The van der Waals surface area contributed by atoms with Crippen LogP contribution in [0, 0.1) is 5.92 Å². The lowest BCUT2D eigenvalue weighted by atomic mass is 9.82. The van der Waals surface area contributed by atoms with Gasteiger partial charge in [-0.05, 0) is 53.9 Å². The molecule has 1 saturated carbocycles.